The Hall–Kier alpha value is -3.95. The number of carbonyl (C=O) groups excluding carboxylic acids is 1. The zero-order valence-corrected chi connectivity index (χ0v) is 31.2. The molecule has 1 amide bonds. The molecule has 0 saturated carbocycles. The van der Waals surface area contributed by atoms with Gasteiger partial charge in [-0.3, -0.25) is 9.80 Å². The first kappa shape index (κ1) is 43.1. The number of hydrogen-bond acceptors (Lipinski definition) is 11. The monoisotopic (exact) mass is 689 g/mol. The summed E-state index contributed by atoms with van der Waals surface area (Å²) in [6, 6.07) is 0. The summed E-state index contributed by atoms with van der Waals surface area (Å²) < 4.78 is 8.97. The lowest BCUT2D eigenvalue weighted by molar-refractivity contribution is 0.0525. The molecule has 0 aliphatic heterocycles. The first-order valence-corrected chi connectivity index (χ1v) is 16.9. The van der Waals surface area contributed by atoms with E-state index in [-0.39, 0.29) is 11.1 Å². The molecular formula is C31H60N16O2. The van der Waals surface area contributed by atoms with Crippen LogP contribution in [0.5, 0.6) is 0 Å². The number of amides is 1. The van der Waals surface area contributed by atoms with Gasteiger partial charge < -0.3 is 15.8 Å². The zero-order chi connectivity index (χ0) is 36.9. The van der Waals surface area contributed by atoms with E-state index in [0.717, 1.165) is 69.8 Å². The van der Waals surface area contributed by atoms with Gasteiger partial charge in [-0.2, -0.15) is 0 Å². The molecular weight excluding hydrogens is 628 g/mol. The molecule has 18 heteroatoms. The summed E-state index contributed by atoms with van der Waals surface area (Å²) in [5, 5.41) is 26.8. The van der Waals surface area contributed by atoms with Crippen LogP contribution in [-0.4, -0.2) is 104 Å². The number of aromatic nitrogens is 6. The molecule has 2 aromatic rings. The van der Waals surface area contributed by atoms with E-state index in [1.54, 1.807) is 0 Å². The Kier molecular flexibility index (Phi) is 19.3. The number of nitrogens with one attached hydrogen (secondary N) is 1. The van der Waals surface area contributed by atoms with Crippen LogP contribution < -0.4 is 11.1 Å². The van der Waals surface area contributed by atoms with Crippen LogP contribution in [0.3, 0.4) is 0 Å². The fourth-order valence-electron chi connectivity index (χ4n) is 4.34. The molecule has 0 spiro atoms. The minimum Gasteiger partial charge on any atom is -0.444 e. The first-order valence-electron chi connectivity index (χ1n) is 16.9. The van der Waals surface area contributed by atoms with Crippen LogP contribution in [0.4, 0.5) is 4.79 Å². The summed E-state index contributed by atoms with van der Waals surface area (Å²) in [7, 11) is 0. The minimum absolute atomic E-state index is 0.0607. The molecule has 276 valence electrons. The summed E-state index contributed by atoms with van der Waals surface area (Å²) in [5.74, 6) is 0. The van der Waals surface area contributed by atoms with Gasteiger partial charge in [0, 0.05) is 49.1 Å². The molecule has 2 aromatic heterocycles. The Morgan fingerprint density at radius 2 is 1.22 bits per heavy atom. The van der Waals surface area contributed by atoms with Gasteiger partial charge in [-0.1, -0.05) is 20.7 Å². The van der Waals surface area contributed by atoms with Crippen LogP contribution >= 0.6 is 0 Å². The summed E-state index contributed by atoms with van der Waals surface area (Å²) in [4.78, 5) is 21.8. The number of ether oxygens (including phenoxy) is 1. The average molecular weight is 689 g/mol. The van der Waals surface area contributed by atoms with Crippen molar-refractivity contribution in [1.82, 2.24) is 45.1 Å². The van der Waals surface area contributed by atoms with E-state index in [4.69, 9.17) is 21.5 Å². The summed E-state index contributed by atoms with van der Waals surface area (Å²) >= 11 is 0. The van der Waals surface area contributed by atoms with Crippen molar-refractivity contribution in [3.8, 4) is 0 Å². The third kappa shape index (κ3) is 20.2. The Bertz CT molecular complexity index is 1310. The van der Waals surface area contributed by atoms with Gasteiger partial charge in [0.2, 0.25) is 0 Å². The van der Waals surface area contributed by atoms with Gasteiger partial charge in [-0.25, -0.2) is 14.2 Å². The lowest BCUT2D eigenvalue weighted by Gasteiger charge is -2.22. The maximum atomic E-state index is 11.7. The van der Waals surface area contributed by atoms with Crippen molar-refractivity contribution in [3.63, 3.8) is 0 Å². The molecule has 0 unspecified atom stereocenters. The van der Waals surface area contributed by atoms with Crippen molar-refractivity contribution < 1.29 is 9.53 Å². The van der Waals surface area contributed by atoms with Crippen molar-refractivity contribution in [2.24, 2.45) is 16.0 Å². The average Bonchev–Trinajstić information content (AvgIpc) is 3.68. The topological polar surface area (TPSA) is 230 Å². The number of nitrogens with two attached hydrogens (primary N) is 1. The van der Waals surface area contributed by atoms with E-state index < -0.39 is 11.7 Å². The third-order valence-corrected chi connectivity index (χ3v) is 6.82. The van der Waals surface area contributed by atoms with Gasteiger partial charge in [-0.05, 0) is 125 Å². The largest absolute Gasteiger partial charge is 0.444 e. The van der Waals surface area contributed by atoms with Gasteiger partial charge in [0.1, 0.15) is 5.60 Å². The molecule has 49 heavy (non-hydrogen) atoms. The smallest absolute Gasteiger partial charge is 0.407 e. The molecule has 0 saturated heterocycles. The van der Waals surface area contributed by atoms with Gasteiger partial charge >= 0.3 is 6.09 Å². The molecule has 0 fully saturated rings. The third-order valence-electron chi connectivity index (χ3n) is 6.82. The Balaban J connectivity index is 0.000000510. The van der Waals surface area contributed by atoms with Crippen LogP contribution in [-0.2, 0) is 28.9 Å². The predicted octanol–water partition coefficient (Wildman–Crippen LogP) is 5.33. The van der Waals surface area contributed by atoms with Crippen molar-refractivity contribution in [3.05, 3.63) is 44.7 Å². The predicted molar refractivity (Wildman–Crippen MR) is 190 cm³/mol. The van der Waals surface area contributed by atoms with Gasteiger partial charge in [0.05, 0.1) is 34.9 Å². The molecule has 2 heterocycles. The number of alkyl carbamates (subject to hydrolysis) is 1. The Morgan fingerprint density at radius 3 is 1.59 bits per heavy atom. The van der Waals surface area contributed by atoms with Crippen LogP contribution in [0.1, 0.15) is 99.4 Å². The van der Waals surface area contributed by atoms with E-state index in [9.17, 15) is 4.79 Å². The number of azide groups is 2. The number of rotatable bonds is 19. The van der Waals surface area contributed by atoms with Crippen molar-refractivity contribution in [2.45, 2.75) is 118 Å². The fourth-order valence-corrected chi connectivity index (χ4v) is 4.34. The van der Waals surface area contributed by atoms with E-state index in [0.29, 0.717) is 32.7 Å². The highest BCUT2D eigenvalue weighted by Gasteiger charge is 2.18. The lowest BCUT2D eigenvalue weighted by atomic mass is 10.1. The quantitative estimate of drug-likeness (QED) is 0.0839. The van der Waals surface area contributed by atoms with E-state index in [2.05, 4.69) is 97.3 Å². The second-order valence-electron chi connectivity index (χ2n) is 14.7. The summed E-state index contributed by atoms with van der Waals surface area (Å²) in [6.07, 6.45) is 6.85. The van der Waals surface area contributed by atoms with Crippen molar-refractivity contribution >= 4 is 6.09 Å². The second-order valence-corrected chi connectivity index (χ2v) is 14.7. The molecule has 0 radical (unpaired) electrons. The number of nitrogens with zero attached hydrogens (tertiary/aromatic N) is 14. The number of carbonyl (C=O) groups is 1. The molecule has 0 bridgehead atoms. The highest BCUT2D eigenvalue weighted by atomic mass is 16.6. The molecule has 0 aliphatic rings. The Labute approximate surface area is 291 Å². The standard InChI is InChI=1S/C18H34N8O2.C13H26N8/c1-17(2,3)26-14-15(22-24-26)13-25(12-8-10-21-23-19)11-7-9-20-16(27)28-18(4,5)6;1-13(2,3)21-11-12(17-19-21)10-20(8-4-6-14)9-5-7-16-18-15/h14H,7-13H2,1-6H3,(H,20,27);11H,4-10,14H2,1-3H3. The second kappa shape index (κ2) is 21.9. The SMILES string of the molecule is CC(C)(C)OC(=O)NCCCN(CCCN=[N+]=[N-])Cc1cn(C(C)(C)C)nn1.CC(C)(C)n1cc(CN(CCCN)CCCN=[N+]=[N-])nn1. The van der Waals surface area contributed by atoms with Crippen LogP contribution in [0.25, 0.3) is 20.9 Å². The molecule has 18 nitrogen and oxygen atoms in total. The van der Waals surface area contributed by atoms with Crippen molar-refractivity contribution in [2.75, 3.05) is 52.4 Å². The van der Waals surface area contributed by atoms with Crippen LogP contribution in [0.15, 0.2) is 22.6 Å². The molecule has 2 rings (SSSR count). The van der Waals surface area contributed by atoms with E-state index in [1.165, 1.54) is 0 Å². The normalized spacial score (nSPS) is 11.8. The maximum Gasteiger partial charge on any atom is 0.407 e. The first-order chi connectivity index (χ1) is 23.0. The van der Waals surface area contributed by atoms with Crippen LogP contribution in [0, 0.1) is 0 Å². The summed E-state index contributed by atoms with van der Waals surface area (Å²) in [6.45, 7) is 24.9. The molecule has 0 aromatic carbocycles. The maximum absolute atomic E-state index is 11.7. The molecule has 0 aliphatic carbocycles. The highest BCUT2D eigenvalue weighted by Crippen LogP contribution is 2.14. The number of hydrogen-bond donors (Lipinski definition) is 2. The van der Waals surface area contributed by atoms with Gasteiger partial charge in [0.15, 0.2) is 0 Å². The summed E-state index contributed by atoms with van der Waals surface area (Å²) in [5.41, 5.74) is 23.5. The van der Waals surface area contributed by atoms with E-state index in [1.807, 2.05) is 42.5 Å². The van der Waals surface area contributed by atoms with Crippen molar-refractivity contribution in [1.29, 1.82) is 0 Å². The molecule has 3 N–H and O–H groups in total. The Morgan fingerprint density at radius 1 is 0.796 bits per heavy atom. The zero-order valence-electron chi connectivity index (χ0n) is 31.2. The van der Waals surface area contributed by atoms with Crippen LogP contribution in [0.2, 0.25) is 0 Å². The molecule has 0 atom stereocenters. The highest BCUT2D eigenvalue weighted by molar-refractivity contribution is 5.67. The van der Waals surface area contributed by atoms with Gasteiger partial charge in [0.25, 0.3) is 0 Å². The lowest BCUT2D eigenvalue weighted by Crippen LogP contribution is -2.34. The van der Waals surface area contributed by atoms with Gasteiger partial charge in [-0.15, -0.1) is 10.2 Å². The van der Waals surface area contributed by atoms with E-state index >= 15 is 0 Å². The minimum atomic E-state index is -0.504. The fraction of sp³-hybridized carbons (Fsp3) is 0.839.